The van der Waals surface area contributed by atoms with E-state index in [1.807, 2.05) is 12.1 Å². The highest BCUT2D eigenvalue weighted by Gasteiger charge is 2.37. The molecule has 4 nitrogen and oxygen atoms in total. The van der Waals surface area contributed by atoms with Gasteiger partial charge in [0.1, 0.15) is 11.6 Å². The molecule has 0 amide bonds. The van der Waals surface area contributed by atoms with Crippen LogP contribution in [0.15, 0.2) is 60.7 Å². The zero-order chi connectivity index (χ0) is 26.6. The predicted molar refractivity (Wildman–Crippen MR) is 150 cm³/mol. The molecule has 0 bridgehead atoms. The molecular weight excluding hydrogens is 477 g/mol. The first-order valence-electron chi connectivity index (χ1n) is 13.9. The van der Waals surface area contributed by atoms with Gasteiger partial charge in [-0.05, 0) is 84.2 Å². The van der Waals surface area contributed by atoms with Crippen molar-refractivity contribution in [2.75, 3.05) is 18.6 Å². The summed E-state index contributed by atoms with van der Waals surface area (Å²) >= 11 is 0. The van der Waals surface area contributed by atoms with E-state index in [4.69, 9.17) is 4.74 Å². The standard InChI is InChI=1S/C33H38FNO3/c1-22-16-26(31-20-30(38-2)14-15-32(31)34)11-10-25(22)17-23-8-12-28(13-9-23)35-21-27(18-29(35)19-33(36)37)24-6-4-3-5-7-24/h8-16,20,24,27,29H,3-7,17-19,21H2,1-2H3,(H,36,37). The first kappa shape index (κ1) is 26.3. The zero-order valence-corrected chi connectivity index (χ0v) is 22.5. The summed E-state index contributed by atoms with van der Waals surface area (Å²) in [5.74, 6) is 0.989. The van der Waals surface area contributed by atoms with E-state index in [-0.39, 0.29) is 18.3 Å². The number of nitrogens with zero attached hydrogens (tertiary/aromatic N) is 1. The second-order valence-corrected chi connectivity index (χ2v) is 11.1. The average molecular weight is 516 g/mol. The van der Waals surface area contributed by atoms with E-state index < -0.39 is 5.97 Å². The molecule has 1 saturated carbocycles. The largest absolute Gasteiger partial charge is 0.497 e. The summed E-state index contributed by atoms with van der Waals surface area (Å²) < 4.78 is 19.7. The van der Waals surface area contributed by atoms with Crippen LogP contribution in [0.4, 0.5) is 10.1 Å². The Bertz CT molecular complexity index is 1270. The number of carboxylic acid groups (broad SMARTS) is 1. The third kappa shape index (κ3) is 5.87. The Morgan fingerprint density at radius 1 is 1.00 bits per heavy atom. The van der Waals surface area contributed by atoms with Gasteiger partial charge in [0.05, 0.1) is 13.5 Å². The van der Waals surface area contributed by atoms with Crippen molar-refractivity contribution in [3.8, 4) is 16.9 Å². The SMILES string of the molecule is COc1ccc(F)c(-c2ccc(Cc3ccc(N4CC(C5CCCCC5)CC4CC(=O)O)cc3)c(C)c2)c1. The average Bonchev–Trinajstić information content (AvgIpc) is 3.34. The zero-order valence-electron chi connectivity index (χ0n) is 22.5. The maximum atomic E-state index is 14.5. The highest BCUT2D eigenvalue weighted by Crippen LogP contribution is 2.40. The number of methoxy groups -OCH3 is 1. The number of halogens is 1. The van der Waals surface area contributed by atoms with E-state index in [1.165, 1.54) is 49.3 Å². The van der Waals surface area contributed by atoms with Gasteiger partial charge in [-0.3, -0.25) is 4.79 Å². The van der Waals surface area contributed by atoms with Crippen LogP contribution in [0.1, 0.15) is 61.6 Å². The summed E-state index contributed by atoms with van der Waals surface area (Å²) in [4.78, 5) is 14.0. The van der Waals surface area contributed by atoms with E-state index in [1.54, 1.807) is 19.2 Å². The molecule has 1 aliphatic heterocycles. The Kier molecular flexibility index (Phi) is 8.01. The minimum atomic E-state index is -0.714. The molecule has 1 saturated heterocycles. The fraction of sp³-hybridized carbons (Fsp3) is 0.424. The number of hydrogen-bond donors (Lipinski definition) is 1. The molecule has 1 heterocycles. The molecule has 1 N–H and O–H groups in total. The van der Waals surface area contributed by atoms with Crippen molar-refractivity contribution >= 4 is 11.7 Å². The summed E-state index contributed by atoms with van der Waals surface area (Å²) in [5.41, 5.74) is 6.02. The Labute approximate surface area is 225 Å². The molecule has 200 valence electrons. The van der Waals surface area contributed by atoms with Crippen LogP contribution in [0.2, 0.25) is 0 Å². The maximum absolute atomic E-state index is 14.5. The number of aliphatic carboxylic acids is 1. The van der Waals surface area contributed by atoms with E-state index >= 15 is 0 Å². The minimum absolute atomic E-state index is 0.0667. The normalized spacial score (nSPS) is 20.0. The molecule has 5 rings (SSSR count). The molecule has 38 heavy (non-hydrogen) atoms. The highest BCUT2D eigenvalue weighted by molar-refractivity contribution is 5.69. The molecule has 1 aliphatic carbocycles. The van der Waals surface area contributed by atoms with Crippen LogP contribution in [0.25, 0.3) is 11.1 Å². The molecule has 2 aliphatic rings. The number of ether oxygens (including phenoxy) is 1. The Hall–Kier alpha value is -3.34. The monoisotopic (exact) mass is 515 g/mol. The molecule has 5 heteroatoms. The van der Waals surface area contributed by atoms with Gasteiger partial charge in [0.25, 0.3) is 0 Å². The summed E-state index contributed by atoms with van der Waals surface area (Å²) in [7, 11) is 1.59. The van der Waals surface area contributed by atoms with Gasteiger partial charge in [-0.2, -0.15) is 0 Å². The first-order chi connectivity index (χ1) is 18.4. The molecule has 0 radical (unpaired) electrons. The quantitative estimate of drug-likeness (QED) is 0.335. The molecule has 3 aromatic rings. The van der Waals surface area contributed by atoms with Gasteiger partial charge < -0.3 is 14.7 Å². The second kappa shape index (κ2) is 11.6. The lowest BCUT2D eigenvalue weighted by Crippen LogP contribution is -2.31. The van der Waals surface area contributed by atoms with Gasteiger partial charge in [0.2, 0.25) is 0 Å². The molecule has 0 aromatic heterocycles. The number of rotatable bonds is 8. The first-order valence-corrected chi connectivity index (χ1v) is 13.9. The molecule has 2 atom stereocenters. The van der Waals surface area contributed by atoms with E-state index in [0.29, 0.717) is 17.2 Å². The number of carboxylic acids is 1. The van der Waals surface area contributed by atoms with Crippen molar-refractivity contribution in [2.45, 2.75) is 64.3 Å². The van der Waals surface area contributed by atoms with Crippen molar-refractivity contribution in [1.29, 1.82) is 0 Å². The summed E-state index contributed by atoms with van der Waals surface area (Å²) in [6, 6.07) is 19.6. The van der Waals surface area contributed by atoms with Gasteiger partial charge in [-0.25, -0.2) is 4.39 Å². The Morgan fingerprint density at radius 2 is 1.76 bits per heavy atom. The third-order valence-electron chi connectivity index (χ3n) is 8.66. The topological polar surface area (TPSA) is 49.8 Å². The summed E-state index contributed by atoms with van der Waals surface area (Å²) in [6.45, 7) is 3.03. The van der Waals surface area contributed by atoms with Crippen LogP contribution >= 0.6 is 0 Å². The van der Waals surface area contributed by atoms with Crippen LogP contribution in [0.3, 0.4) is 0 Å². The summed E-state index contributed by atoms with van der Waals surface area (Å²) in [6.07, 6.45) is 8.52. The number of hydrogen-bond acceptors (Lipinski definition) is 3. The third-order valence-corrected chi connectivity index (χ3v) is 8.66. The smallest absolute Gasteiger partial charge is 0.305 e. The van der Waals surface area contributed by atoms with Crippen LogP contribution in [-0.2, 0) is 11.2 Å². The summed E-state index contributed by atoms with van der Waals surface area (Å²) in [5, 5.41) is 9.55. The highest BCUT2D eigenvalue weighted by atomic mass is 19.1. The van der Waals surface area contributed by atoms with Gasteiger partial charge in [-0.1, -0.05) is 62.4 Å². The number of aryl methyl sites for hydroxylation is 1. The van der Waals surface area contributed by atoms with Crippen molar-refractivity contribution < 1.29 is 19.0 Å². The van der Waals surface area contributed by atoms with E-state index in [2.05, 4.69) is 42.2 Å². The van der Waals surface area contributed by atoms with Crippen LogP contribution in [-0.4, -0.2) is 30.8 Å². The second-order valence-electron chi connectivity index (χ2n) is 11.1. The Balaban J connectivity index is 1.30. The van der Waals surface area contributed by atoms with Gasteiger partial charge in [0.15, 0.2) is 0 Å². The van der Waals surface area contributed by atoms with Crippen molar-refractivity contribution in [1.82, 2.24) is 0 Å². The van der Waals surface area contributed by atoms with Crippen LogP contribution in [0, 0.1) is 24.6 Å². The van der Waals surface area contributed by atoms with Gasteiger partial charge in [-0.15, -0.1) is 0 Å². The van der Waals surface area contributed by atoms with Gasteiger partial charge >= 0.3 is 5.97 Å². The lowest BCUT2D eigenvalue weighted by molar-refractivity contribution is -0.137. The molecule has 2 unspecified atom stereocenters. The fourth-order valence-electron chi connectivity index (χ4n) is 6.55. The lowest BCUT2D eigenvalue weighted by Gasteiger charge is -2.28. The molecule has 2 fully saturated rings. The molecule has 3 aromatic carbocycles. The number of anilines is 1. The lowest BCUT2D eigenvalue weighted by atomic mass is 9.79. The predicted octanol–water partition coefficient (Wildman–Crippen LogP) is 7.65. The number of carbonyl (C=O) groups is 1. The number of benzene rings is 3. The van der Waals surface area contributed by atoms with Crippen LogP contribution in [0.5, 0.6) is 5.75 Å². The van der Waals surface area contributed by atoms with Crippen molar-refractivity contribution in [2.24, 2.45) is 11.8 Å². The van der Waals surface area contributed by atoms with Crippen molar-refractivity contribution in [3.05, 3.63) is 83.2 Å². The Morgan fingerprint density at radius 3 is 2.45 bits per heavy atom. The molecule has 0 spiro atoms. The minimum Gasteiger partial charge on any atom is -0.497 e. The van der Waals surface area contributed by atoms with Crippen LogP contribution < -0.4 is 9.64 Å². The van der Waals surface area contributed by atoms with E-state index in [9.17, 15) is 14.3 Å². The fourth-order valence-corrected chi connectivity index (χ4v) is 6.55. The maximum Gasteiger partial charge on any atom is 0.305 e. The van der Waals surface area contributed by atoms with Crippen molar-refractivity contribution in [3.63, 3.8) is 0 Å². The molecular formula is C33H38FNO3. The van der Waals surface area contributed by atoms with Gasteiger partial charge in [0, 0.05) is 23.8 Å². The van der Waals surface area contributed by atoms with E-state index in [0.717, 1.165) is 42.1 Å².